The molecule has 1 N–H and O–H groups in total. The van der Waals surface area contributed by atoms with Gasteiger partial charge in [0.05, 0.1) is 5.71 Å². The molecule has 1 aliphatic heterocycles. The number of hydrogen-bond donors (Lipinski definition) is 1. The predicted molar refractivity (Wildman–Crippen MR) is 82.2 cm³/mol. The molecule has 2 heterocycles. The second kappa shape index (κ2) is 6.07. The van der Waals surface area contributed by atoms with Crippen LogP contribution in [0, 0.1) is 0 Å². The van der Waals surface area contributed by atoms with E-state index in [1.807, 2.05) is 24.3 Å². The number of hydrogen-bond acceptors (Lipinski definition) is 5. The minimum atomic E-state index is 0.151. The SMILES string of the molecule is OCCCc1nnc2n1N=C(c1ccc(Br)cc1)CS2. The van der Waals surface area contributed by atoms with Crippen molar-refractivity contribution < 1.29 is 5.11 Å². The summed E-state index contributed by atoms with van der Waals surface area (Å²) in [7, 11) is 0. The molecule has 0 saturated carbocycles. The van der Waals surface area contributed by atoms with Crippen LogP contribution in [-0.2, 0) is 6.42 Å². The van der Waals surface area contributed by atoms with Crippen LogP contribution < -0.4 is 0 Å². The Morgan fingerprint density at radius 3 is 2.80 bits per heavy atom. The van der Waals surface area contributed by atoms with Crippen LogP contribution in [0.3, 0.4) is 0 Å². The summed E-state index contributed by atoms with van der Waals surface area (Å²) in [4.78, 5) is 0. The third kappa shape index (κ3) is 2.79. The Morgan fingerprint density at radius 1 is 1.25 bits per heavy atom. The zero-order chi connectivity index (χ0) is 13.9. The van der Waals surface area contributed by atoms with Gasteiger partial charge in [0, 0.05) is 23.3 Å². The van der Waals surface area contributed by atoms with Crippen LogP contribution in [0.4, 0.5) is 0 Å². The number of aromatic nitrogens is 3. The number of benzene rings is 1. The molecule has 7 heteroatoms. The molecular formula is C13H13BrN4OS. The summed E-state index contributed by atoms with van der Waals surface area (Å²) in [5.74, 6) is 1.59. The Morgan fingerprint density at radius 2 is 2.05 bits per heavy atom. The molecule has 2 aromatic rings. The lowest BCUT2D eigenvalue weighted by Gasteiger charge is -2.13. The van der Waals surface area contributed by atoms with Crippen molar-refractivity contribution in [3.05, 3.63) is 40.1 Å². The molecule has 1 aromatic carbocycles. The van der Waals surface area contributed by atoms with Gasteiger partial charge in [0.15, 0.2) is 5.82 Å². The Kier molecular flexibility index (Phi) is 4.18. The van der Waals surface area contributed by atoms with Gasteiger partial charge in [-0.2, -0.15) is 9.78 Å². The van der Waals surface area contributed by atoms with Crippen molar-refractivity contribution in [2.75, 3.05) is 12.4 Å². The van der Waals surface area contributed by atoms with Gasteiger partial charge in [0.2, 0.25) is 5.16 Å². The minimum Gasteiger partial charge on any atom is -0.396 e. The molecule has 0 amide bonds. The van der Waals surface area contributed by atoms with Gasteiger partial charge >= 0.3 is 0 Å². The van der Waals surface area contributed by atoms with Gasteiger partial charge in [-0.1, -0.05) is 39.8 Å². The Labute approximate surface area is 129 Å². The second-order valence-corrected chi connectivity index (χ2v) is 6.24. The van der Waals surface area contributed by atoms with E-state index < -0.39 is 0 Å². The van der Waals surface area contributed by atoms with Gasteiger partial charge < -0.3 is 5.11 Å². The zero-order valence-electron chi connectivity index (χ0n) is 10.7. The summed E-state index contributed by atoms with van der Waals surface area (Å²) in [6.07, 6.45) is 1.35. The molecule has 3 rings (SSSR count). The molecule has 0 saturated heterocycles. The first kappa shape index (κ1) is 13.8. The van der Waals surface area contributed by atoms with Gasteiger partial charge in [-0.25, -0.2) is 0 Å². The molecule has 20 heavy (non-hydrogen) atoms. The number of fused-ring (bicyclic) bond motifs is 1. The number of aryl methyl sites for hydroxylation is 1. The zero-order valence-corrected chi connectivity index (χ0v) is 13.1. The highest BCUT2D eigenvalue weighted by Crippen LogP contribution is 2.24. The number of halogens is 1. The van der Waals surface area contributed by atoms with Crippen molar-refractivity contribution in [1.82, 2.24) is 14.9 Å². The van der Waals surface area contributed by atoms with Gasteiger partial charge in [0.1, 0.15) is 0 Å². The number of aliphatic hydroxyl groups is 1. The lowest BCUT2D eigenvalue weighted by molar-refractivity contribution is 0.287. The van der Waals surface area contributed by atoms with E-state index in [9.17, 15) is 0 Å². The average molecular weight is 353 g/mol. The highest BCUT2D eigenvalue weighted by Gasteiger charge is 2.19. The summed E-state index contributed by atoms with van der Waals surface area (Å²) in [5.41, 5.74) is 2.12. The van der Waals surface area contributed by atoms with Crippen LogP contribution in [0.1, 0.15) is 17.8 Å². The standard InChI is InChI=1S/C13H13BrN4OS/c14-10-5-3-9(4-6-10)11-8-20-13-16-15-12(2-1-7-19)18(13)17-11/h3-6,19H,1-2,7-8H2. The summed E-state index contributed by atoms with van der Waals surface area (Å²) < 4.78 is 2.85. The van der Waals surface area contributed by atoms with E-state index in [1.165, 1.54) is 0 Å². The average Bonchev–Trinajstić information content (AvgIpc) is 2.88. The quantitative estimate of drug-likeness (QED) is 0.916. The molecule has 0 fully saturated rings. The van der Waals surface area contributed by atoms with Crippen LogP contribution in [-0.4, -0.2) is 38.1 Å². The van der Waals surface area contributed by atoms with Crippen LogP contribution in [0.2, 0.25) is 0 Å². The van der Waals surface area contributed by atoms with Crippen molar-refractivity contribution in [1.29, 1.82) is 0 Å². The van der Waals surface area contributed by atoms with Gasteiger partial charge in [-0.3, -0.25) is 0 Å². The number of thioether (sulfide) groups is 1. The first-order valence-corrected chi connectivity index (χ1v) is 8.07. The third-order valence-corrected chi connectivity index (χ3v) is 4.43. The van der Waals surface area contributed by atoms with E-state index in [0.717, 1.165) is 32.5 Å². The molecule has 0 spiro atoms. The first-order chi connectivity index (χ1) is 9.78. The number of rotatable bonds is 4. The van der Waals surface area contributed by atoms with E-state index in [1.54, 1.807) is 16.4 Å². The van der Waals surface area contributed by atoms with E-state index in [-0.39, 0.29) is 6.61 Å². The van der Waals surface area contributed by atoms with Crippen LogP contribution >= 0.6 is 27.7 Å². The Balaban J connectivity index is 1.92. The molecular weight excluding hydrogens is 340 g/mol. The predicted octanol–water partition coefficient (Wildman–Crippen LogP) is 2.32. The summed E-state index contributed by atoms with van der Waals surface area (Å²) in [6, 6.07) is 8.12. The smallest absolute Gasteiger partial charge is 0.212 e. The maximum atomic E-state index is 8.92. The molecule has 0 aliphatic carbocycles. The fourth-order valence-corrected chi connectivity index (χ4v) is 3.07. The highest BCUT2D eigenvalue weighted by atomic mass is 79.9. The summed E-state index contributed by atoms with van der Waals surface area (Å²) >= 11 is 5.07. The molecule has 0 unspecified atom stereocenters. The maximum absolute atomic E-state index is 8.92. The third-order valence-electron chi connectivity index (χ3n) is 2.97. The maximum Gasteiger partial charge on any atom is 0.212 e. The fraction of sp³-hybridized carbons (Fsp3) is 0.308. The van der Waals surface area contributed by atoms with Crippen molar-refractivity contribution in [3.63, 3.8) is 0 Å². The van der Waals surface area contributed by atoms with Crippen molar-refractivity contribution >= 4 is 33.4 Å². The largest absolute Gasteiger partial charge is 0.396 e. The van der Waals surface area contributed by atoms with E-state index in [0.29, 0.717) is 12.8 Å². The van der Waals surface area contributed by atoms with E-state index in [2.05, 4.69) is 31.2 Å². The minimum absolute atomic E-state index is 0.151. The molecule has 104 valence electrons. The number of nitrogens with zero attached hydrogens (tertiary/aromatic N) is 4. The Hall–Kier alpha value is -1.18. The topological polar surface area (TPSA) is 63.3 Å². The molecule has 1 aromatic heterocycles. The summed E-state index contributed by atoms with van der Waals surface area (Å²) in [6.45, 7) is 0.151. The lowest BCUT2D eigenvalue weighted by Crippen LogP contribution is -2.14. The highest BCUT2D eigenvalue weighted by molar-refractivity contribution is 9.10. The Bertz CT molecular complexity index is 638. The van der Waals surface area contributed by atoms with E-state index >= 15 is 0 Å². The van der Waals surface area contributed by atoms with Gasteiger partial charge in [0.25, 0.3) is 0 Å². The van der Waals surface area contributed by atoms with Crippen LogP contribution in [0.25, 0.3) is 0 Å². The molecule has 0 atom stereocenters. The van der Waals surface area contributed by atoms with Crippen molar-refractivity contribution in [3.8, 4) is 0 Å². The lowest BCUT2D eigenvalue weighted by atomic mass is 10.1. The van der Waals surface area contributed by atoms with Gasteiger partial charge in [-0.05, 0) is 24.1 Å². The van der Waals surface area contributed by atoms with Crippen molar-refractivity contribution in [2.45, 2.75) is 18.0 Å². The molecule has 0 bridgehead atoms. The van der Waals surface area contributed by atoms with Crippen molar-refractivity contribution in [2.24, 2.45) is 5.10 Å². The monoisotopic (exact) mass is 352 g/mol. The molecule has 0 radical (unpaired) electrons. The number of aliphatic hydroxyl groups excluding tert-OH is 1. The van der Waals surface area contributed by atoms with Gasteiger partial charge in [-0.15, -0.1) is 10.2 Å². The van der Waals surface area contributed by atoms with E-state index in [4.69, 9.17) is 5.11 Å². The first-order valence-electron chi connectivity index (χ1n) is 6.29. The normalized spacial score (nSPS) is 14.0. The molecule has 1 aliphatic rings. The second-order valence-electron chi connectivity index (χ2n) is 4.38. The molecule has 5 nitrogen and oxygen atoms in total. The van der Waals surface area contributed by atoms with Crippen LogP contribution in [0.5, 0.6) is 0 Å². The fourth-order valence-electron chi connectivity index (χ4n) is 1.95. The van der Waals surface area contributed by atoms with Crippen LogP contribution in [0.15, 0.2) is 39.0 Å². The summed E-state index contributed by atoms with van der Waals surface area (Å²) in [5, 5.41) is 22.7.